The molecule has 1 amide bonds. The van der Waals surface area contributed by atoms with Gasteiger partial charge in [0.2, 0.25) is 5.91 Å². The lowest BCUT2D eigenvalue weighted by molar-refractivity contribution is -0.134. The van der Waals surface area contributed by atoms with Gasteiger partial charge in [0.1, 0.15) is 0 Å². The lowest BCUT2D eigenvalue weighted by atomic mass is 9.74. The Morgan fingerprint density at radius 2 is 1.88 bits per heavy atom. The van der Waals surface area contributed by atoms with Crippen LogP contribution in [0.15, 0.2) is 24.3 Å². The predicted molar refractivity (Wildman–Crippen MR) is 109 cm³/mol. The van der Waals surface area contributed by atoms with Crippen LogP contribution in [0, 0.1) is 0 Å². The van der Waals surface area contributed by atoms with Crippen molar-refractivity contribution in [1.29, 1.82) is 0 Å². The summed E-state index contributed by atoms with van der Waals surface area (Å²) in [5.74, 6) is 0.322. The van der Waals surface area contributed by atoms with E-state index in [9.17, 15) is 4.79 Å². The largest absolute Gasteiger partial charge is 0.339 e. The van der Waals surface area contributed by atoms with Gasteiger partial charge in [0.25, 0.3) is 0 Å². The summed E-state index contributed by atoms with van der Waals surface area (Å²) in [4.78, 5) is 18.3. The molecule has 0 aromatic heterocycles. The van der Waals surface area contributed by atoms with E-state index in [1.165, 1.54) is 6.42 Å². The average molecular weight is 377 g/mol. The lowest BCUT2D eigenvalue weighted by Gasteiger charge is -2.32. The molecule has 0 saturated carbocycles. The summed E-state index contributed by atoms with van der Waals surface area (Å²) in [6.45, 7) is 8.56. The van der Waals surface area contributed by atoms with E-state index in [-0.39, 0.29) is 0 Å². The molecule has 2 atom stereocenters. The van der Waals surface area contributed by atoms with Gasteiger partial charge in [-0.2, -0.15) is 0 Å². The molecule has 3 rings (SSSR count). The summed E-state index contributed by atoms with van der Waals surface area (Å²) in [5.41, 5.74) is 0.613. The summed E-state index contributed by atoms with van der Waals surface area (Å²) in [7, 11) is 0. The van der Waals surface area contributed by atoms with Crippen LogP contribution in [0.4, 0.5) is 0 Å². The van der Waals surface area contributed by atoms with Gasteiger partial charge in [-0.25, -0.2) is 0 Å². The Bertz CT molecular complexity index is 614. The van der Waals surface area contributed by atoms with Crippen molar-refractivity contribution in [1.82, 2.24) is 9.80 Å². The molecule has 2 heterocycles. The highest BCUT2D eigenvalue weighted by Gasteiger charge is 2.53. The maximum absolute atomic E-state index is 13.6. The SMILES string of the molecule is CCCN(CCC)CCC1(c2ccccc2Cl)CC2CCCCN2C1=O. The number of fused-ring (bicyclic) bond motifs is 1. The van der Waals surface area contributed by atoms with Gasteiger partial charge in [-0.1, -0.05) is 43.6 Å². The molecule has 2 unspecified atom stereocenters. The molecule has 26 heavy (non-hydrogen) atoms. The van der Waals surface area contributed by atoms with Crippen molar-refractivity contribution in [2.24, 2.45) is 0 Å². The molecule has 0 aliphatic carbocycles. The highest BCUT2D eigenvalue weighted by Crippen LogP contribution is 2.47. The lowest BCUT2D eigenvalue weighted by Crippen LogP contribution is -2.43. The zero-order chi connectivity index (χ0) is 18.6. The van der Waals surface area contributed by atoms with Gasteiger partial charge in [0.05, 0.1) is 5.41 Å². The van der Waals surface area contributed by atoms with Crippen LogP contribution in [0.1, 0.15) is 64.4 Å². The number of piperidine rings is 1. The summed E-state index contributed by atoms with van der Waals surface area (Å²) < 4.78 is 0. The molecule has 0 spiro atoms. The van der Waals surface area contributed by atoms with Crippen LogP contribution in [-0.4, -0.2) is 47.9 Å². The van der Waals surface area contributed by atoms with Crippen LogP contribution < -0.4 is 0 Å². The molecule has 2 aliphatic rings. The van der Waals surface area contributed by atoms with Gasteiger partial charge < -0.3 is 9.80 Å². The second-order valence-corrected chi connectivity index (χ2v) is 8.41. The first-order chi connectivity index (χ1) is 12.6. The number of rotatable bonds is 8. The van der Waals surface area contributed by atoms with Crippen molar-refractivity contribution in [3.63, 3.8) is 0 Å². The van der Waals surface area contributed by atoms with E-state index in [1.54, 1.807) is 0 Å². The van der Waals surface area contributed by atoms with Gasteiger partial charge in [0, 0.05) is 17.6 Å². The summed E-state index contributed by atoms with van der Waals surface area (Å²) in [6, 6.07) is 8.43. The number of benzene rings is 1. The summed E-state index contributed by atoms with van der Waals surface area (Å²) in [6.07, 6.45) is 7.64. The fourth-order valence-electron chi connectivity index (χ4n) is 4.98. The third-order valence-electron chi connectivity index (χ3n) is 6.21. The Kier molecular flexibility index (Phi) is 6.63. The topological polar surface area (TPSA) is 23.6 Å². The molecule has 1 aromatic rings. The number of carbonyl (C=O) groups is 1. The number of carbonyl (C=O) groups excluding carboxylic acids is 1. The minimum absolute atomic E-state index is 0.322. The van der Waals surface area contributed by atoms with Crippen molar-refractivity contribution in [2.45, 2.75) is 70.3 Å². The van der Waals surface area contributed by atoms with E-state index < -0.39 is 5.41 Å². The molecule has 0 bridgehead atoms. The molecule has 144 valence electrons. The molecular formula is C22H33ClN2O. The quantitative estimate of drug-likeness (QED) is 0.645. The Morgan fingerprint density at radius 1 is 1.15 bits per heavy atom. The van der Waals surface area contributed by atoms with Crippen LogP contribution in [-0.2, 0) is 10.2 Å². The van der Waals surface area contributed by atoms with Crippen LogP contribution in [0.25, 0.3) is 0 Å². The van der Waals surface area contributed by atoms with Crippen LogP contribution in [0.2, 0.25) is 5.02 Å². The first-order valence-electron chi connectivity index (χ1n) is 10.4. The number of hydrogen-bond acceptors (Lipinski definition) is 2. The molecule has 4 heteroatoms. The van der Waals surface area contributed by atoms with Gasteiger partial charge >= 0.3 is 0 Å². The summed E-state index contributed by atoms with van der Waals surface area (Å²) >= 11 is 6.61. The zero-order valence-electron chi connectivity index (χ0n) is 16.3. The van der Waals surface area contributed by atoms with Gasteiger partial charge in [-0.3, -0.25) is 4.79 Å². The third kappa shape index (κ3) is 3.80. The monoisotopic (exact) mass is 376 g/mol. The van der Waals surface area contributed by atoms with E-state index in [0.29, 0.717) is 11.9 Å². The fraction of sp³-hybridized carbons (Fsp3) is 0.682. The van der Waals surface area contributed by atoms with Crippen molar-refractivity contribution < 1.29 is 4.79 Å². The van der Waals surface area contributed by atoms with Crippen LogP contribution in [0.5, 0.6) is 0 Å². The molecule has 2 fully saturated rings. The predicted octanol–water partition coefficient (Wildman–Crippen LogP) is 4.87. The molecule has 2 aliphatic heterocycles. The van der Waals surface area contributed by atoms with E-state index >= 15 is 0 Å². The van der Waals surface area contributed by atoms with E-state index in [1.807, 2.05) is 18.2 Å². The minimum Gasteiger partial charge on any atom is -0.339 e. The zero-order valence-corrected chi connectivity index (χ0v) is 17.1. The average Bonchev–Trinajstić information content (AvgIpc) is 2.94. The van der Waals surface area contributed by atoms with Crippen molar-refractivity contribution >= 4 is 17.5 Å². The Morgan fingerprint density at radius 3 is 2.54 bits per heavy atom. The van der Waals surface area contributed by atoms with Gasteiger partial charge in [0.15, 0.2) is 0 Å². The standard InChI is InChI=1S/C22H33ClN2O/c1-3-13-24(14-4-2)16-12-22(19-10-5-6-11-20(19)23)17-18-9-7-8-15-25(18)21(22)26/h5-6,10-11,18H,3-4,7-9,12-17H2,1-2H3. The fourth-order valence-corrected chi connectivity index (χ4v) is 5.30. The minimum atomic E-state index is -0.437. The van der Waals surface area contributed by atoms with Crippen molar-refractivity contribution in [3.8, 4) is 0 Å². The molecule has 3 nitrogen and oxygen atoms in total. The Balaban J connectivity index is 1.90. The molecule has 1 aromatic carbocycles. The van der Waals surface area contributed by atoms with Crippen molar-refractivity contribution in [2.75, 3.05) is 26.2 Å². The second-order valence-electron chi connectivity index (χ2n) is 8.01. The Hall–Kier alpha value is -1.06. The number of hydrogen-bond donors (Lipinski definition) is 0. The highest BCUT2D eigenvalue weighted by molar-refractivity contribution is 6.31. The van der Waals surface area contributed by atoms with Crippen LogP contribution in [0.3, 0.4) is 0 Å². The van der Waals surface area contributed by atoms with Gasteiger partial charge in [-0.05, 0) is 76.2 Å². The molecule has 0 N–H and O–H groups in total. The second kappa shape index (κ2) is 8.75. The Labute approximate surface area is 163 Å². The highest BCUT2D eigenvalue weighted by atomic mass is 35.5. The summed E-state index contributed by atoms with van der Waals surface area (Å²) in [5, 5.41) is 0.748. The van der Waals surface area contributed by atoms with Crippen molar-refractivity contribution in [3.05, 3.63) is 34.9 Å². The maximum atomic E-state index is 13.6. The molecular weight excluding hydrogens is 344 g/mol. The van der Waals surface area contributed by atoms with E-state index in [2.05, 4.69) is 29.7 Å². The van der Waals surface area contributed by atoms with Gasteiger partial charge in [-0.15, -0.1) is 0 Å². The molecule has 2 saturated heterocycles. The first kappa shape index (κ1) is 19.7. The third-order valence-corrected chi connectivity index (χ3v) is 6.53. The normalized spacial score (nSPS) is 25.8. The van der Waals surface area contributed by atoms with E-state index in [4.69, 9.17) is 11.6 Å². The number of halogens is 1. The maximum Gasteiger partial charge on any atom is 0.233 e. The van der Waals surface area contributed by atoms with E-state index in [0.717, 1.165) is 75.3 Å². The molecule has 0 radical (unpaired) electrons. The number of nitrogens with zero attached hydrogens (tertiary/aromatic N) is 2. The number of amides is 1. The first-order valence-corrected chi connectivity index (χ1v) is 10.8. The van der Waals surface area contributed by atoms with Crippen LogP contribution >= 0.6 is 11.6 Å². The smallest absolute Gasteiger partial charge is 0.233 e.